The summed E-state index contributed by atoms with van der Waals surface area (Å²) in [6, 6.07) is 22.8. The molecule has 3 rings (SSSR count). The molecule has 0 saturated heterocycles. The lowest BCUT2D eigenvalue weighted by Gasteiger charge is -2.14. The van der Waals surface area contributed by atoms with Crippen LogP contribution in [-0.2, 0) is 0 Å². The minimum absolute atomic E-state index is 0.444. The van der Waals surface area contributed by atoms with E-state index in [0.717, 1.165) is 22.3 Å². The molecule has 0 aliphatic carbocycles. The summed E-state index contributed by atoms with van der Waals surface area (Å²) in [5.41, 5.74) is 10.9. The molecule has 4 heteroatoms. The van der Waals surface area contributed by atoms with E-state index in [1.807, 2.05) is 60.7 Å². The van der Waals surface area contributed by atoms with Crippen LogP contribution in [0.2, 0.25) is 0 Å². The van der Waals surface area contributed by atoms with Crippen molar-refractivity contribution in [3.05, 3.63) is 72.8 Å². The first-order chi connectivity index (χ1) is 10.7. The van der Waals surface area contributed by atoms with Crippen LogP contribution in [0.4, 0.5) is 5.69 Å². The van der Waals surface area contributed by atoms with E-state index in [1.54, 1.807) is 12.1 Å². The third kappa shape index (κ3) is 2.62. The number of para-hydroxylation sites is 1. The monoisotopic (exact) mass is 289 g/mol. The quantitative estimate of drug-likeness (QED) is 0.512. The Morgan fingerprint density at radius 1 is 0.636 bits per heavy atom. The van der Waals surface area contributed by atoms with Crippen LogP contribution >= 0.6 is 0 Å². The van der Waals surface area contributed by atoms with Crippen molar-refractivity contribution in [2.24, 2.45) is 0 Å². The van der Waals surface area contributed by atoms with Crippen LogP contribution in [0.25, 0.3) is 22.3 Å². The maximum Gasteiger partial charge on any atom is 0.489 e. The molecule has 0 aliphatic rings. The highest BCUT2D eigenvalue weighted by Crippen LogP contribution is 2.33. The van der Waals surface area contributed by atoms with Crippen molar-refractivity contribution < 1.29 is 10.0 Å². The molecule has 0 radical (unpaired) electrons. The van der Waals surface area contributed by atoms with Crippen LogP contribution in [0, 0.1) is 0 Å². The minimum atomic E-state index is -1.53. The van der Waals surface area contributed by atoms with Gasteiger partial charge < -0.3 is 15.8 Å². The summed E-state index contributed by atoms with van der Waals surface area (Å²) in [5, 5.41) is 19.1. The van der Waals surface area contributed by atoms with Gasteiger partial charge in [0.05, 0.1) is 0 Å². The molecular formula is C18H16BNO2. The molecule has 0 aromatic heterocycles. The lowest BCUT2D eigenvalue weighted by Crippen LogP contribution is -2.31. The number of nitrogen functional groups attached to an aromatic ring is 1. The first kappa shape index (κ1) is 14.4. The van der Waals surface area contributed by atoms with E-state index in [2.05, 4.69) is 0 Å². The van der Waals surface area contributed by atoms with E-state index in [0.29, 0.717) is 11.2 Å². The molecule has 0 heterocycles. The summed E-state index contributed by atoms with van der Waals surface area (Å²) in [7, 11) is -1.53. The van der Waals surface area contributed by atoms with E-state index in [4.69, 9.17) is 5.73 Å². The third-order valence-electron chi connectivity index (χ3n) is 3.72. The largest absolute Gasteiger partial charge is 0.489 e. The van der Waals surface area contributed by atoms with Gasteiger partial charge in [0.2, 0.25) is 0 Å². The molecule has 108 valence electrons. The number of hydrogen-bond acceptors (Lipinski definition) is 3. The molecule has 0 fully saturated rings. The molecule has 0 unspecified atom stereocenters. The van der Waals surface area contributed by atoms with Gasteiger partial charge in [-0.25, -0.2) is 0 Å². The summed E-state index contributed by atoms with van der Waals surface area (Å²) in [6.45, 7) is 0. The van der Waals surface area contributed by atoms with Crippen molar-refractivity contribution in [3.63, 3.8) is 0 Å². The number of anilines is 1. The van der Waals surface area contributed by atoms with Gasteiger partial charge in [-0.3, -0.25) is 0 Å². The highest BCUT2D eigenvalue weighted by atomic mass is 16.4. The van der Waals surface area contributed by atoms with E-state index in [9.17, 15) is 10.0 Å². The zero-order valence-corrected chi connectivity index (χ0v) is 12.0. The molecule has 3 aromatic rings. The lowest BCUT2D eigenvalue weighted by molar-refractivity contribution is 0.426. The van der Waals surface area contributed by atoms with Crippen molar-refractivity contribution in [2.75, 3.05) is 5.73 Å². The topological polar surface area (TPSA) is 66.5 Å². The first-order valence-electron chi connectivity index (χ1n) is 7.08. The Labute approximate surface area is 129 Å². The maximum atomic E-state index is 9.56. The summed E-state index contributed by atoms with van der Waals surface area (Å²) in [4.78, 5) is 0. The molecule has 0 spiro atoms. The summed E-state index contributed by atoms with van der Waals surface area (Å²) >= 11 is 0. The van der Waals surface area contributed by atoms with Gasteiger partial charge in [-0.2, -0.15) is 0 Å². The second-order valence-electron chi connectivity index (χ2n) is 5.09. The minimum Gasteiger partial charge on any atom is -0.423 e. The van der Waals surface area contributed by atoms with Crippen molar-refractivity contribution in [1.82, 2.24) is 0 Å². The normalized spacial score (nSPS) is 10.5. The molecule has 4 N–H and O–H groups in total. The number of hydrogen-bond donors (Lipinski definition) is 3. The SMILES string of the molecule is Nc1c(-c2ccccc2)cccc1-c1ccccc1B(O)O. The van der Waals surface area contributed by atoms with Gasteiger partial charge in [-0.05, 0) is 16.6 Å². The molecule has 0 saturated carbocycles. The number of benzene rings is 3. The van der Waals surface area contributed by atoms with E-state index < -0.39 is 7.12 Å². The van der Waals surface area contributed by atoms with Crippen LogP contribution in [0.15, 0.2) is 72.8 Å². The summed E-state index contributed by atoms with van der Waals surface area (Å²) in [5.74, 6) is 0. The zero-order chi connectivity index (χ0) is 15.5. The van der Waals surface area contributed by atoms with Gasteiger partial charge in [-0.1, -0.05) is 72.8 Å². The van der Waals surface area contributed by atoms with Gasteiger partial charge >= 0.3 is 7.12 Å². The Morgan fingerprint density at radius 2 is 1.23 bits per heavy atom. The molecule has 0 amide bonds. The van der Waals surface area contributed by atoms with Crippen molar-refractivity contribution >= 4 is 18.3 Å². The van der Waals surface area contributed by atoms with Gasteiger partial charge in [-0.15, -0.1) is 0 Å². The first-order valence-corrected chi connectivity index (χ1v) is 7.08. The number of nitrogens with two attached hydrogens (primary N) is 1. The van der Waals surface area contributed by atoms with Crippen LogP contribution < -0.4 is 11.2 Å². The van der Waals surface area contributed by atoms with Crippen LogP contribution in [0.5, 0.6) is 0 Å². The molecule has 0 atom stereocenters. The molecule has 0 bridgehead atoms. The van der Waals surface area contributed by atoms with Gasteiger partial charge in [0, 0.05) is 16.8 Å². The van der Waals surface area contributed by atoms with Crippen molar-refractivity contribution in [3.8, 4) is 22.3 Å². The van der Waals surface area contributed by atoms with Crippen molar-refractivity contribution in [2.45, 2.75) is 0 Å². The smallest absolute Gasteiger partial charge is 0.423 e. The molecule has 3 nitrogen and oxygen atoms in total. The van der Waals surface area contributed by atoms with E-state index >= 15 is 0 Å². The number of rotatable bonds is 3. The average molecular weight is 289 g/mol. The van der Waals surface area contributed by atoms with Gasteiger partial charge in [0.25, 0.3) is 0 Å². The van der Waals surface area contributed by atoms with Gasteiger partial charge in [0.1, 0.15) is 0 Å². The molecule has 3 aromatic carbocycles. The predicted molar refractivity (Wildman–Crippen MR) is 91.6 cm³/mol. The van der Waals surface area contributed by atoms with E-state index in [1.165, 1.54) is 0 Å². The molecular weight excluding hydrogens is 273 g/mol. The lowest BCUT2D eigenvalue weighted by atomic mass is 9.75. The standard InChI is InChI=1S/C18H16BNO2/c20-18-14(13-7-2-1-3-8-13)10-6-11-16(18)15-9-4-5-12-17(15)19(21)22/h1-12,21-22H,20H2. The second-order valence-corrected chi connectivity index (χ2v) is 5.09. The Hall–Kier alpha value is -2.56. The Bertz CT molecular complexity index is 788. The second kappa shape index (κ2) is 6.06. The fraction of sp³-hybridized carbons (Fsp3) is 0. The average Bonchev–Trinajstić information content (AvgIpc) is 2.56. The van der Waals surface area contributed by atoms with Crippen LogP contribution in [-0.4, -0.2) is 17.2 Å². The molecule has 22 heavy (non-hydrogen) atoms. The Kier molecular flexibility index (Phi) is 3.96. The highest BCUT2D eigenvalue weighted by molar-refractivity contribution is 6.60. The van der Waals surface area contributed by atoms with Crippen LogP contribution in [0.1, 0.15) is 0 Å². The zero-order valence-electron chi connectivity index (χ0n) is 12.0. The van der Waals surface area contributed by atoms with Gasteiger partial charge in [0.15, 0.2) is 0 Å². The predicted octanol–water partition coefficient (Wildman–Crippen LogP) is 2.28. The van der Waals surface area contributed by atoms with Crippen molar-refractivity contribution in [1.29, 1.82) is 0 Å². The Balaban J connectivity index is 2.18. The summed E-state index contributed by atoms with van der Waals surface area (Å²) < 4.78 is 0. The third-order valence-corrected chi connectivity index (χ3v) is 3.72. The van der Waals surface area contributed by atoms with E-state index in [-0.39, 0.29) is 0 Å². The Morgan fingerprint density at radius 3 is 1.95 bits per heavy atom. The fourth-order valence-electron chi connectivity index (χ4n) is 2.64. The fourth-order valence-corrected chi connectivity index (χ4v) is 2.64. The van der Waals surface area contributed by atoms with Crippen LogP contribution in [0.3, 0.4) is 0 Å². The highest BCUT2D eigenvalue weighted by Gasteiger charge is 2.18. The summed E-state index contributed by atoms with van der Waals surface area (Å²) in [6.07, 6.45) is 0. The molecule has 0 aliphatic heterocycles. The maximum absolute atomic E-state index is 9.56.